The lowest BCUT2D eigenvalue weighted by Crippen LogP contribution is -2.35. The third kappa shape index (κ3) is 8.94. The lowest BCUT2D eigenvalue weighted by molar-refractivity contribution is -0.387. The molecule has 11 nitrogen and oxygen atoms in total. The number of esters is 1. The number of aliphatic hydroxyl groups is 1. The van der Waals surface area contributed by atoms with Gasteiger partial charge in [0.15, 0.2) is 12.4 Å². The van der Waals surface area contributed by atoms with Crippen molar-refractivity contribution in [3.63, 3.8) is 0 Å². The lowest BCUT2D eigenvalue weighted by Gasteiger charge is -2.22. The number of hydrogen-bond donors (Lipinski definition) is 2. The van der Waals surface area contributed by atoms with E-state index < -0.39 is 29.3 Å². The predicted octanol–water partition coefficient (Wildman–Crippen LogP) is 4.46. The molecule has 0 unspecified atom stereocenters. The third-order valence-electron chi connectivity index (χ3n) is 5.40. The van der Waals surface area contributed by atoms with E-state index in [1.54, 1.807) is 83.0 Å². The summed E-state index contributed by atoms with van der Waals surface area (Å²) in [6.45, 7) is 0. The van der Waals surface area contributed by atoms with Gasteiger partial charge in [-0.25, -0.2) is 9.52 Å². The second kappa shape index (κ2) is 16.3. The number of benzene rings is 3. The zero-order valence-corrected chi connectivity index (χ0v) is 23.0. The van der Waals surface area contributed by atoms with Gasteiger partial charge in [-0.2, -0.15) is 0 Å². The molecule has 0 heterocycles. The average molecular weight is 561 g/mol. The molecule has 210 valence electrons. The molecule has 0 aliphatic carbocycles. The number of methoxy groups -OCH3 is 5. The highest BCUT2D eigenvalue weighted by Gasteiger charge is 2.29. The van der Waals surface area contributed by atoms with Crippen molar-refractivity contribution in [3.05, 3.63) is 94.0 Å². The fourth-order valence-electron chi connectivity index (χ4n) is 3.42. The van der Waals surface area contributed by atoms with Gasteiger partial charge in [0.2, 0.25) is 0 Å². The van der Waals surface area contributed by atoms with Crippen LogP contribution < -0.4 is 14.2 Å². The highest BCUT2D eigenvalue weighted by atomic mass is 32.2. The first-order valence-corrected chi connectivity index (χ1v) is 12.4. The molecule has 2 atom stereocenters. The maximum absolute atomic E-state index is 11.7. The van der Waals surface area contributed by atoms with Crippen LogP contribution in [0.1, 0.15) is 23.5 Å². The number of carbonyl (C=O) groups is 1. The summed E-state index contributed by atoms with van der Waals surface area (Å²) in [6, 6.07) is 19.7. The summed E-state index contributed by atoms with van der Waals surface area (Å²) in [5.74, 6) is 0.629. The molecule has 0 aliphatic rings. The molecule has 0 spiro atoms. The van der Waals surface area contributed by atoms with Gasteiger partial charge < -0.3 is 28.8 Å². The molecule has 0 bridgehead atoms. The molecule has 0 radical (unpaired) electrons. The molecule has 0 saturated carbocycles. The van der Waals surface area contributed by atoms with Gasteiger partial charge in [0.05, 0.1) is 32.3 Å². The van der Waals surface area contributed by atoms with Gasteiger partial charge in [0, 0.05) is 31.9 Å². The quantitative estimate of drug-likeness (QED) is 0.107. The number of nitrogens with zero attached hydrogens (tertiary/aromatic N) is 1. The molecule has 0 amide bonds. The fourth-order valence-corrected chi connectivity index (χ4v) is 4.33. The van der Waals surface area contributed by atoms with Crippen LogP contribution in [0.2, 0.25) is 0 Å². The van der Waals surface area contributed by atoms with Gasteiger partial charge in [-0.3, -0.25) is 10.1 Å². The van der Waals surface area contributed by atoms with Crippen molar-refractivity contribution < 1.29 is 38.5 Å². The summed E-state index contributed by atoms with van der Waals surface area (Å²) in [5, 5.41) is 21.3. The van der Waals surface area contributed by atoms with E-state index in [9.17, 15) is 20.0 Å². The highest BCUT2D eigenvalue weighted by molar-refractivity contribution is 7.97. The molecule has 39 heavy (non-hydrogen) atoms. The van der Waals surface area contributed by atoms with Gasteiger partial charge in [0.1, 0.15) is 16.4 Å². The van der Waals surface area contributed by atoms with E-state index in [0.29, 0.717) is 16.2 Å². The van der Waals surface area contributed by atoms with Crippen LogP contribution in [0.25, 0.3) is 0 Å². The number of ether oxygens (including phenoxy) is 5. The van der Waals surface area contributed by atoms with Crippen molar-refractivity contribution in [3.8, 4) is 11.5 Å². The van der Waals surface area contributed by atoms with Crippen molar-refractivity contribution in [1.29, 1.82) is 0 Å². The van der Waals surface area contributed by atoms with Crippen molar-refractivity contribution in [2.75, 3.05) is 35.5 Å². The topological polar surface area (TPSA) is 139 Å². The van der Waals surface area contributed by atoms with E-state index in [1.807, 2.05) is 12.1 Å². The maximum Gasteiger partial charge on any atom is 0.336 e. The monoisotopic (exact) mass is 560 g/mol. The molecule has 0 aliphatic heterocycles. The van der Waals surface area contributed by atoms with Gasteiger partial charge in [-0.05, 0) is 35.7 Å². The molecule has 3 aromatic carbocycles. The molecule has 3 aromatic rings. The lowest BCUT2D eigenvalue weighted by atomic mass is 10.0. The normalized spacial score (nSPS) is 12.1. The number of carbonyl (C=O) groups excluding carboxylic acids is 1. The van der Waals surface area contributed by atoms with Crippen LogP contribution in [0.5, 0.6) is 11.5 Å². The minimum Gasteiger partial charge on any atom is -0.497 e. The Kier molecular flexibility index (Phi) is 13.2. The van der Waals surface area contributed by atoms with E-state index in [1.165, 1.54) is 13.2 Å². The molecule has 2 N–H and O–H groups in total. The third-order valence-corrected chi connectivity index (χ3v) is 6.33. The van der Waals surface area contributed by atoms with Crippen LogP contribution in [0, 0.1) is 10.1 Å². The molecule has 0 fully saturated rings. The van der Waals surface area contributed by atoms with E-state index in [-0.39, 0.29) is 5.69 Å². The number of aliphatic hydroxyl groups excluding tert-OH is 1. The molecular formula is C27H32N2O9S. The Morgan fingerprint density at radius 2 is 1.56 bits per heavy atom. The number of hydrogen-bond acceptors (Lipinski definition) is 11. The van der Waals surface area contributed by atoms with E-state index in [4.69, 9.17) is 18.9 Å². The van der Waals surface area contributed by atoms with E-state index >= 15 is 0 Å². The van der Waals surface area contributed by atoms with Crippen molar-refractivity contribution in [1.82, 2.24) is 4.72 Å². The summed E-state index contributed by atoms with van der Waals surface area (Å²) in [7, 11) is 7.55. The van der Waals surface area contributed by atoms with Gasteiger partial charge in [0.25, 0.3) is 5.69 Å². The minimum atomic E-state index is -1.45. The molecule has 0 saturated heterocycles. The molecule has 3 rings (SSSR count). The van der Waals surface area contributed by atoms with Gasteiger partial charge in [-0.15, -0.1) is 0 Å². The Balaban J connectivity index is 0.000000306. The second-order valence-electron chi connectivity index (χ2n) is 7.71. The van der Waals surface area contributed by atoms with Crippen molar-refractivity contribution >= 4 is 23.6 Å². The minimum absolute atomic E-state index is 0.0608. The summed E-state index contributed by atoms with van der Waals surface area (Å²) >= 11 is 0.975. The molecule has 0 aromatic heterocycles. The number of para-hydroxylation sites is 1. The van der Waals surface area contributed by atoms with Crippen LogP contribution in [0.3, 0.4) is 0 Å². The van der Waals surface area contributed by atoms with E-state index in [0.717, 1.165) is 23.3 Å². The number of rotatable bonds is 12. The molecule has 12 heteroatoms. The van der Waals surface area contributed by atoms with Crippen LogP contribution in [0.4, 0.5) is 5.69 Å². The number of nitro groups is 1. The summed E-state index contributed by atoms with van der Waals surface area (Å²) in [4.78, 5) is 22.6. The Morgan fingerprint density at radius 3 is 2.13 bits per heavy atom. The number of nitrogens with one attached hydrogen (secondary N) is 1. The first-order valence-electron chi connectivity index (χ1n) is 11.5. The SMILES string of the molecule is COC(=O)[C@H](O)[C@@H](NSc1ccccc1[N+](=O)[O-])c1ccccc1.COc1ccc(C(OC)OC)c(OC)c1. The second-order valence-corrected chi connectivity index (χ2v) is 8.59. The summed E-state index contributed by atoms with van der Waals surface area (Å²) in [6.07, 6.45) is -1.88. The Hall–Kier alpha value is -3.68. The van der Waals surface area contributed by atoms with Gasteiger partial charge >= 0.3 is 5.97 Å². The Morgan fingerprint density at radius 1 is 0.923 bits per heavy atom. The Labute approximate surface area is 231 Å². The molecular weight excluding hydrogens is 528 g/mol. The first-order chi connectivity index (χ1) is 18.8. The summed E-state index contributed by atoms with van der Waals surface area (Å²) in [5.41, 5.74) is 1.43. The Bertz CT molecular complexity index is 1190. The van der Waals surface area contributed by atoms with Crippen LogP contribution in [0.15, 0.2) is 77.7 Å². The van der Waals surface area contributed by atoms with Crippen LogP contribution >= 0.6 is 11.9 Å². The standard InChI is InChI=1S/C16H16N2O5S.C11H16O4/c1-23-16(20)15(19)14(11-7-3-2-4-8-11)17-24-13-10-6-5-9-12(13)18(21)22;1-12-8-5-6-9(10(7-8)13-2)11(14-3)15-4/h2-10,14-15,17,19H,1H3;5-7,11H,1-4H3/t14-,15+;/m0./s1. The van der Waals surface area contributed by atoms with Gasteiger partial charge in [-0.1, -0.05) is 42.5 Å². The van der Waals surface area contributed by atoms with Crippen LogP contribution in [-0.4, -0.2) is 57.7 Å². The predicted molar refractivity (Wildman–Crippen MR) is 146 cm³/mol. The van der Waals surface area contributed by atoms with Crippen molar-refractivity contribution in [2.24, 2.45) is 0 Å². The zero-order chi connectivity index (χ0) is 28.8. The average Bonchev–Trinajstić information content (AvgIpc) is 2.98. The fraction of sp³-hybridized carbons (Fsp3) is 0.296. The maximum atomic E-state index is 11.7. The number of nitro benzene ring substituents is 1. The van der Waals surface area contributed by atoms with Crippen molar-refractivity contribution in [2.45, 2.75) is 23.3 Å². The largest absolute Gasteiger partial charge is 0.497 e. The summed E-state index contributed by atoms with van der Waals surface area (Å²) < 4.78 is 28.2. The highest BCUT2D eigenvalue weighted by Crippen LogP contribution is 2.32. The van der Waals surface area contributed by atoms with E-state index in [2.05, 4.69) is 9.46 Å². The first kappa shape index (κ1) is 31.5. The van der Waals surface area contributed by atoms with Crippen LogP contribution in [-0.2, 0) is 19.0 Å². The smallest absolute Gasteiger partial charge is 0.336 e. The zero-order valence-electron chi connectivity index (χ0n) is 22.2.